The van der Waals surface area contributed by atoms with Gasteiger partial charge in [0.1, 0.15) is 12.4 Å². The third kappa shape index (κ3) is 6.15. The Bertz CT molecular complexity index is 1070. The van der Waals surface area contributed by atoms with Gasteiger partial charge in [0, 0.05) is 22.7 Å². The molecule has 7 nitrogen and oxygen atoms in total. The molecule has 1 N–H and O–H groups in total. The summed E-state index contributed by atoms with van der Waals surface area (Å²) in [5.74, 6) is 0.281. The zero-order valence-corrected chi connectivity index (χ0v) is 16.6. The van der Waals surface area contributed by atoms with Crippen LogP contribution in [-0.4, -0.2) is 17.0 Å². The average molecular weight is 424 g/mol. The van der Waals surface area contributed by atoms with Crippen LogP contribution in [0.5, 0.6) is 5.75 Å². The van der Waals surface area contributed by atoms with Gasteiger partial charge in [0.05, 0.1) is 17.6 Å². The van der Waals surface area contributed by atoms with Gasteiger partial charge in [0.2, 0.25) is 5.91 Å². The number of carbonyl (C=O) groups is 1. The second-order valence-electron chi connectivity index (χ2n) is 6.35. The van der Waals surface area contributed by atoms with Gasteiger partial charge in [-0.1, -0.05) is 48.0 Å². The maximum absolute atomic E-state index is 12.0. The molecule has 0 atom stereocenters. The number of nitrogens with one attached hydrogen (secondary N) is 1. The molecule has 0 aliphatic heterocycles. The number of nitrogens with zero attached hydrogens (tertiary/aromatic N) is 2. The van der Waals surface area contributed by atoms with E-state index in [1.54, 1.807) is 18.2 Å². The van der Waals surface area contributed by atoms with Crippen LogP contribution in [0.4, 0.5) is 5.69 Å². The standard InChI is InChI=1S/C22H18ClN3O4/c23-19-6-3-4-17(12-19)15-30-21-7-2-1-5-18(21)14-24-25-22(27)13-16-8-10-20(11-9-16)26(28)29/h1-12,14H,13,15H2,(H,25,27)/b24-14-. The minimum Gasteiger partial charge on any atom is -0.488 e. The molecule has 3 aromatic carbocycles. The number of para-hydroxylation sites is 1. The number of ether oxygens (including phenoxy) is 1. The highest BCUT2D eigenvalue weighted by molar-refractivity contribution is 6.30. The van der Waals surface area contributed by atoms with E-state index in [4.69, 9.17) is 16.3 Å². The van der Waals surface area contributed by atoms with Gasteiger partial charge >= 0.3 is 0 Å². The molecule has 0 aliphatic carbocycles. The van der Waals surface area contributed by atoms with Crippen LogP contribution in [0.25, 0.3) is 0 Å². The molecule has 0 aromatic heterocycles. The number of benzene rings is 3. The molecule has 0 bridgehead atoms. The van der Waals surface area contributed by atoms with E-state index in [0.29, 0.717) is 28.5 Å². The fourth-order valence-corrected chi connectivity index (χ4v) is 2.85. The first kappa shape index (κ1) is 21.0. The molecule has 0 radical (unpaired) electrons. The maximum atomic E-state index is 12.0. The third-order valence-electron chi connectivity index (χ3n) is 4.11. The molecular formula is C22H18ClN3O4. The van der Waals surface area contributed by atoms with Crippen LogP contribution < -0.4 is 10.2 Å². The van der Waals surface area contributed by atoms with Crippen LogP contribution in [0.2, 0.25) is 5.02 Å². The first-order chi connectivity index (χ1) is 14.5. The van der Waals surface area contributed by atoms with Crippen molar-refractivity contribution in [1.82, 2.24) is 5.43 Å². The Morgan fingerprint density at radius 2 is 1.83 bits per heavy atom. The quantitative estimate of drug-likeness (QED) is 0.327. The minimum absolute atomic E-state index is 0.0217. The molecule has 0 spiro atoms. The summed E-state index contributed by atoms with van der Waals surface area (Å²) in [6.45, 7) is 0.345. The monoisotopic (exact) mass is 423 g/mol. The van der Waals surface area contributed by atoms with Crippen LogP contribution in [0.3, 0.4) is 0 Å². The van der Waals surface area contributed by atoms with E-state index in [9.17, 15) is 14.9 Å². The van der Waals surface area contributed by atoms with E-state index >= 15 is 0 Å². The van der Waals surface area contributed by atoms with Crippen LogP contribution >= 0.6 is 11.6 Å². The van der Waals surface area contributed by atoms with Crippen LogP contribution in [0.15, 0.2) is 77.9 Å². The lowest BCUT2D eigenvalue weighted by Gasteiger charge is -2.09. The Hall–Kier alpha value is -3.71. The summed E-state index contributed by atoms with van der Waals surface area (Å²) in [4.78, 5) is 22.2. The Labute approximate surface area is 178 Å². The molecule has 0 fully saturated rings. The summed E-state index contributed by atoms with van der Waals surface area (Å²) in [5, 5.41) is 15.3. The number of hydrazone groups is 1. The third-order valence-corrected chi connectivity index (χ3v) is 4.34. The summed E-state index contributed by atoms with van der Waals surface area (Å²) in [6, 6.07) is 20.5. The molecule has 1 amide bonds. The van der Waals surface area contributed by atoms with Gasteiger partial charge in [-0.05, 0) is 35.4 Å². The van der Waals surface area contributed by atoms with Crippen molar-refractivity contribution < 1.29 is 14.5 Å². The lowest BCUT2D eigenvalue weighted by molar-refractivity contribution is -0.384. The molecule has 0 saturated heterocycles. The van der Waals surface area contributed by atoms with Gasteiger partial charge in [0.15, 0.2) is 0 Å². The van der Waals surface area contributed by atoms with E-state index in [2.05, 4.69) is 10.5 Å². The second kappa shape index (κ2) is 10.2. The molecule has 152 valence electrons. The number of halogens is 1. The summed E-state index contributed by atoms with van der Waals surface area (Å²) < 4.78 is 5.84. The number of non-ortho nitro benzene ring substituents is 1. The number of nitro groups is 1. The Balaban J connectivity index is 1.56. The highest BCUT2D eigenvalue weighted by Crippen LogP contribution is 2.19. The Kier molecular flexibility index (Phi) is 7.13. The predicted octanol–water partition coefficient (Wildman–Crippen LogP) is 4.52. The predicted molar refractivity (Wildman–Crippen MR) is 115 cm³/mol. The topological polar surface area (TPSA) is 93.8 Å². The fourth-order valence-electron chi connectivity index (χ4n) is 2.64. The molecule has 0 heterocycles. The maximum Gasteiger partial charge on any atom is 0.269 e. The molecular weight excluding hydrogens is 406 g/mol. The van der Waals surface area contributed by atoms with Gasteiger partial charge in [0.25, 0.3) is 5.69 Å². The fraction of sp³-hybridized carbons (Fsp3) is 0.0909. The number of carbonyl (C=O) groups excluding carboxylic acids is 1. The largest absolute Gasteiger partial charge is 0.488 e. The second-order valence-corrected chi connectivity index (χ2v) is 6.79. The number of hydrogen-bond donors (Lipinski definition) is 1. The summed E-state index contributed by atoms with van der Waals surface area (Å²) >= 11 is 5.99. The highest BCUT2D eigenvalue weighted by Gasteiger charge is 2.07. The molecule has 0 aliphatic rings. The van der Waals surface area contributed by atoms with Crippen molar-refractivity contribution >= 4 is 29.4 Å². The van der Waals surface area contributed by atoms with E-state index < -0.39 is 4.92 Å². The summed E-state index contributed by atoms with van der Waals surface area (Å²) in [6.07, 6.45) is 1.56. The summed E-state index contributed by atoms with van der Waals surface area (Å²) in [7, 11) is 0. The van der Waals surface area contributed by atoms with Crippen molar-refractivity contribution in [1.29, 1.82) is 0 Å². The van der Waals surface area contributed by atoms with Crippen molar-refractivity contribution in [2.24, 2.45) is 5.10 Å². The van der Waals surface area contributed by atoms with Crippen molar-refractivity contribution in [2.45, 2.75) is 13.0 Å². The molecule has 3 rings (SSSR count). The lowest BCUT2D eigenvalue weighted by atomic mass is 10.1. The van der Waals surface area contributed by atoms with Crippen LogP contribution in [0, 0.1) is 10.1 Å². The Morgan fingerprint density at radius 3 is 2.57 bits per heavy atom. The van der Waals surface area contributed by atoms with E-state index in [0.717, 1.165) is 5.56 Å². The summed E-state index contributed by atoms with van der Waals surface area (Å²) in [5.41, 5.74) is 4.72. The zero-order chi connectivity index (χ0) is 21.3. The molecule has 0 saturated carbocycles. The number of hydrogen-bond acceptors (Lipinski definition) is 5. The van der Waals surface area contributed by atoms with Gasteiger partial charge < -0.3 is 4.74 Å². The van der Waals surface area contributed by atoms with Gasteiger partial charge in [-0.15, -0.1) is 0 Å². The normalized spacial score (nSPS) is 10.7. The molecule has 0 unspecified atom stereocenters. The van der Waals surface area contributed by atoms with E-state index in [1.807, 2.05) is 42.5 Å². The van der Waals surface area contributed by atoms with Crippen LogP contribution in [-0.2, 0) is 17.8 Å². The lowest BCUT2D eigenvalue weighted by Crippen LogP contribution is -2.19. The van der Waals surface area contributed by atoms with Crippen molar-refractivity contribution in [2.75, 3.05) is 0 Å². The van der Waals surface area contributed by atoms with Gasteiger partial charge in [-0.2, -0.15) is 5.10 Å². The molecule has 30 heavy (non-hydrogen) atoms. The zero-order valence-electron chi connectivity index (χ0n) is 15.8. The first-order valence-electron chi connectivity index (χ1n) is 9.03. The number of nitro benzene ring substituents is 1. The highest BCUT2D eigenvalue weighted by atomic mass is 35.5. The van der Waals surface area contributed by atoms with Crippen molar-refractivity contribution in [3.05, 3.63) is 105 Å². The Morgan fingerprint density at radius 1 is 1.07 bits per heavy atom. The SMILES string of the molecule is O=C(Cc1ccc([N+](=O)[O-])cc1)N/N=C\c1ccccc1OCc1cccc(Cl)c1. The number of amides is 1. The number of rotatable bonds is 8. The molecule has 8 heteroatoms. The average Bonchev–Trinajstić information content (AvgIpc) is 2.73. The van der Waals surface area contributed by atoms with E-state index in [-0.39, 0.29) is 18.0 Å². The van der Waals surface area contributed by atoms with Crippen LogP contribution in [0.1, 0.15) is 16.7 Å². The van der Waals surface area contributed by atoms with Crippen molar-refractivity contribution in [3.63, 3.8) is 0 Å². The van der Waals surface area contributed by atoms with Crippen molar-refractivity contribution in [3.8, 4) is 5.75 Å². The molecule has 3 aromatic rings. The smallest absolute Gasteiger partial charge is 0.269 e. The van der Waals surface area contributed by atoms with Gasteiger partial charge in [-0.3, -0.25) is 14.9 Å². The minimum atomic E-state index is -0.486. The van der Waals surface area contributed by atoms with E-state index in [1.165, 1.54) is 18.3 Å². The van der Waals surface area contributed by atoms with Gasteiger partial charge in [-0.25, -0.2) is 5.43 Å². The first-order valence-corrected chi connectivity index (χ1v) is 9.40.